The molecule has 1 aliphatic rings. The van der Waals surface area contributed by atoms with E-state index in [-0.39, 0.29) is 5.91 Å². The third kappa shape index (κ3) is 2.03. The van der Waals surface area contributed by atoms with Crippen molar-refractivity contribution in [2.75, 3.05) is 18.5 Å². The summed E-state index contributed by atoms with van der Waals surface area (Å²) in [4.78, 5) is 14.9. The minimum absolute atomic E-state index is 0.0559. The molecule has 1 aromatic heterocycles. The summed E-state index contributed by atoms with van der Waals surface area (Å²) in [5.74, 6) is 0.443. The molecule has 2 heterocycles. The molecular weight excluding hydrogens is 216 g/mol. The predicted octanol–water partition coefficient (Wildman–Crippen LogP) is 2.14. The van der Waals surface area contributed by atoms with Crippen LogP contribution in [0, 0.1) is 5.92 Å². The molecule has 3 rings (SSSR count). The minimum Gasteiger partial charge on any atom is -0.381 e. The highest BCUT2D eigenvalue weighted by Crippen LogP contribution is 2.22. The summed E-state index contributed by atoms with van der Waals surface area (Å²) in [5.41, 5.74) is 1.82. The lowest BCUT2D eigenvalue weighted by Gasteiger charge is -2.25. The van der Waals surface area contributed by atoms with Crippen LogP contribution in [0.2, 0.25) is 0 Å². The summed E-state index contributed by atoms with van der Waals surface area (Å²) in [6, 6.07) is 7.86. The first-order valence-corrected chi connectivity index (χ1v) is 5.76. The summed E-state index contributed by atoms with van der Waals surface area (Å²) in [6.45, 7) is 1.42. The Bertz CT molecular complexity index is 543. The van der Waals surface area contributed by atoms with Gasteiger partial charge in [0, 0.05) is 23.9 Å². The standard InChI is InChI=1S/C13H14N2O2/c16-12(6-9-7-17-8-9)15-11-3-1-2-10-4-5-14-13(10)11/h1-5,9,14H,6-8H2,(H,15,16). The van der Waals surface area contributed by atoms with Crippen LogP contribution in [0.3, 0.4) is 0 Å². The van der Waals surface area contributed by atoms with Gasteiger partial charge in [0.25, 0.3) is 0 Å². The molecule has 17 heavy (non-hydrogen) atoms. The number of hydrogen-bond donors (Lipinski definition) is 2. The average molecular weight is 230 g/mol. The molecule has 0 spiro atoms. The van der Waals surface area contributed by atoms with Crippen LogP contribution < -0.4 is 5.32 Å². The molecule has 4 heteroatoms. The first kappa shape index (κ1) is 10.4. The van der Waals surface area contributed by atoms with Gasteiger partial charge in [0.2, 0.25) is 5.91 Å². The average Bonchev–Trinajstić information content (AvgIpc) is 2.73. The fraction of sp³-hybridized carbons (Fsp3) is 0.308. The molecule has 88 valence electrons. The molecule has 0 aliphatic carbocycles. The molecule has 1 fully saturated rings. The molecule has 0 bridgehead atoms. The maximum Gasteiger partial charge on any atom is 0.224 e. The maximum atomic E-state index is 11.8. The van der Waals surface area contributed by atoms with Crippen molar-refractivity contribution in [1.82, 2.24) is 4.98 Å². The Labute approximate surface area is 99.0 Å². The Morgan fingerprint density at radius 3 is 3.06 bits per heavy atom. The number of anilines is 1. The summed E-state index contributed by atoms with van der Waals surface area (Å²) in [5, 5.41) is 4.05. The molecule has 1 aliphatic heterocycles. The maximum absolute atomic E-state index is 11.8. The lowest BCUT2D eigenvalue weighted by molar-refractivity contribution is -0.121. The van der Waals surface area contributed by atoms with Crippen molar-refractivity contribution in [3.8, 4) is 0 Å². The van der Waals surface area contributed by atoms with Crippen LogP contribution in [0.1, 0.15) is 6.42 Å². The normalized spacial score (nSPS) is 15.8. The van der Waals surface area contributed by atoms with Gasteiger partial charge in [-0.25, -0.2) is 0 Å². The van der Waals surface area contributed by atoms with Gasteiger partial charge in [0.1, 0.15) is 0 Å². The summed E-state index contributed by atoms with van der Waals surface area (Å²) in [6.07, 6.45) is 2.41. The second kappa shape index (κ2) is 4.22. The van der Waals surface area contributed by atoms with E-state index in [2.05, 4.69) is 10.3 Å². The SMILES string of the molecule is O=C(CC1COC1)Nc1cccc2cc[nH]c12. The van der Waals surface area contributed by atoms with E-state index in [1.807, 2.05) is 30.5 Å². The molecule has 1 amide bonds. The van der Waals surface area contributed by atoms with E-state index in [1.165, 1.54) is 0 Å². The lowest BCUT2D eigenvalue weighted by atomic mass is 10.0. The van der Waals surface area contributed by atoms with E-state index >= 15 is 0 Å². The highest BCUT2D eigenvalue weighted by atomic mass is 16.5. The van der Waals surface area contributed by atoms with E-state index in [9.17, 15) is 4.79 Å². The van der Waals surface area contributed by atoms with E-state index < -0.39 is 0 Å². The van der Waals surface area contributed by atoms with Gasteiger partial charge in [0.05, 0.1) is 24.4 Å². The zero-order chi connectivity index (χ0) is 11.7. The van der Waals surface area contributed by atoms with Gasteiger partial charge in [0.15, 0.2) is 0 Å². The van der Waals surface area contributed by atoms with Crippen molar-refractivity contribution in [3.05, 3.63) is 30.5 Å². The zero-order valence-corrected chi connectivity index (χ0v) is 9.40. The van der Waals surface area contributed by atoms with Crippen LogP contribution in [0.5, 0.6) is 0 Å². The summed E-state index contributed by atoms with van der Waals surface area (Å²) in [7, 11) is 0. The molecule has 0 saturated carbocycles. The number of carbonyl (C=O) groups is 1. The molecule has 0 unspecified atom stereocenters. The van der Waals surface area contributed by atoms with Crippen molar-refractivity contribution in [1.29, 1.82) is 0 Å². The first-order valence-electron chi connectivity index (χ1n) is 5.76. The fourth-order valence-electron chi connectivity index (χ4n) is 2.05. The number of nitrogens with one attached hydrogen (secondary N) is 2. The number of hydrogen-bond acceptors (Lipinski definition) is 2. The van der Waals surface area contributed by atoms with E-state index in [4.69, 9.17) is 4.74 Å². The highest BCUT2D eigenvalue weighted by Gasteiger charge is 2.21. The molecule has 1 aromatic carbocycles. The largest absolute Gasteiger partial charge is 0.381 e. The van der Waals surface area contributed by atoms with Gasteiger partial charge in [-0.2, -0.15) is 0 Å². The number of rotatable bonds is 3. The number of aromatic amines is 1. The van der Waals surface area contributed by atoms with Gasteiger partial charge in [-0.05, 0) is 12.1 Å². The summed E-state index contributed by atoms with van der Waals surface area (Å²) >= 11 is 0. The third-order valence-electron chi connectivity index (χ3n) is 3.04. The van der Waals surface area contributed by atoms with Gasteiger partial charge in [-0.15, -0.1) is 0 Å². The summed E-state index contributed by atoms with van der Waals surface area (Å²) < 4.78 is 5.06. The number of aromatic nitrogens is 1. The van der Waals surface area contributed by atoms with Crippen molar-refractivity contribution >= 4 is 22.5 Å². The lowest BCUT2D eigenvalue weighted by Crippen LogP contribution is -2.31. The number of benzene rings is 1. The Kier molecular flexibility index (Phi) is 2.57. The van der Waals surface area contributed by atoms with Gasteiger partial charge in [-0.1, -0.05) is 12.1 Å². The molecule has 4 nitrogen and oxygen atoms in total. The Hall–Kier alpha value is -1.81. The molecule has 0 radical (unpaired) electrons. The topological polar surface area (TPSA) is 54.1 Å². The number of para-hydroxylation sites is 1. The van der Waals surface area contributed by atoms with Crippen LogP contribution >= 0.6 is 0 Å². The minimum atomic E-state index is 0.0559. The predicted molar refractivity (Wildman–Crippen MR) is 65.9 cm³/mol. The van der Waals surface area contributed by atoms with E-state index in [0.29, 0.717) is 25.6 Å². The van der Waals surface area contributed by atoms with Crippen molar-refractivity contribution < 1.29 is 9.53 Å². The van der Waals surface area contributed by atoms with Crippen molar-refractivity contribution in [2.45, 2.75) is 6.42 Å². The van der Waals surface area contributed by atoms with E-state index in [1.54, 1.807) is 0 Å². The fourth-order valence-corrected chi connectivity index (χ4v) is 2.05. The first-order chi connectivity index (χ1) is 8.33. The zero-order valence-electron chi connectivity index (χ0n) is 9.40. The second-order valence-electron chi connectivity index (χ2n) is 4.40. The van der Waals surface area contributed by atoms with E-state index in [0.717, 1.165) is 16.6 Å². The van der Waals surface area contributed by atoms with Crippen molar-refractivity contribution in [3.63, 3.8) is 0 Å². The molecule has 2 N–H and O–H groups in total. The Morgan fingerprint density at radius 2 is 2.29 bits per heavy atom. The van der Waals surface area contributed by atoms with Gasteiger partial charge < -0.3 is 15.0 Å². The number of H-pyrrole nitrogens is 1. The second-order valence-corrected chi connectivity index (χ2v) is 4.40. The highest BCUT2D eigenvalue weighted by molar-refractivity contribution is 6.00. The number of amides is 1. The monoisotopic (exact) mass is 230 g/mol. The Morgan fingerprint density at radius 1 is 1.41 bits per heavy atom. The van der Waals surface area contributed by atoms with Gasteiger partial charge >= 0.3 is 0 Å². The number of ether oxygens (including phenoxy) is 1. The third-order valence-corrected chi connectivity index (χ3v) is 3.04. The Balaban J connectivity index is 1.75. The molecule has 1 saturated heterocycles. The molecule has 0 atom stereocenters. The van der Waals surface area contributed by atoms with Crippen LogP contribution in [0.4, 0.5) is 5.69 Å². The van der Waals surface area contributed by atoms with Crippen molar-refractivity contribution in [2.24, 2.45) is 5.92 Å². The van der Waals surface area contributed by atoms with Crippen LogP contribution in [0.15, 0.2) is 30.5 Å². The molecule has 2 aromatic rings. The van der Waals surface area contributed by atoms with Crippen LogP contribution in [-0.4, -0.2) is 24.1 Å². The molecular formula is C13H14N2O2. The van der Waals surface area contributed by atoms with Crippen LogP contribution in [0.25, 0.3) is 10.9 Å². The number of fused-ring (bicyclic) bond motifs is 1. The van der Waals surface area contributed by atoms with Gasteiger partial charge in [-0.3, -0.25) is 4.79 Å². The number of carbonyl (C=O) groups excluding carboxylic acids is 1. The smallest absolute Gasteiger partial charge is 0.224 e. The van der Waals surface area contributed by atoms with Crippen LogP contribution in [-0.2, 0) is 9.53 Å². The quantitative estimate of drug-likeness (QED) is 0.848.